The number of hydrogen-bond donors (Lipinski definition) is 1. The van der Waals surface area contributed by atoms with E-state index in [2.05, 4.69) is 9.47 Å². The summed E-state index contributed by atoms with van der Waals surface area (Å²) in [6.45, 7) is -2.52. The lowest BCUT2D eigenvalue weighted by atomic mass is 10.1. The largest absolute Gasteiger partial charge is 0.508 e. The lowest BCUT2D eigenvalue weighted by Gasteiger charge is -2.30. The summed E-state index contributed by atoms with van der Waals surface area (Å²) in [6.07, 6.45) is -16.7. The van der Waals surface area contributed by atoms with E-state index in [0.29, 0.717) is 25.7 Å². The van der Waals surface area contributed by atoms with Gasteiger partial charge in [-0.25, -0.2) is 4.74 Å². The molecule has 0 bridgehead atoms. The summed E-state index contributed by atoms with van der Waals surface area (Å²) >= 11 is 0. The molecule has 0 saturated heterocycles. The summed E-state index contributed by atoms with van der Waals surface area (Å²) in [5.41, 5.74) is 0.723. The number of rotatable bonds is 12. The SMILES string of the molecule is Oc1ccccc1CCCCCCOCC(F)(F)C(F)(F)OC(F)(F)C(F)(F)F. The number of hydrogen-bond acceptors (Lipinski definition) is 3. The molecule has 1 aromatic carbocycles. The van der Waals surface area contributed by atoms with Crippen LogP contribution in [0.15, 0.2) is 24.3 Å². The third-order valence-corrected chi connectivity index (χ3v) is 3.77. The van der Waals surface area contributed by atoms with Crippen molar-refractivity contribution in [2.24, 2.45) is 0 Å². The first-order valence-corrected chi connectivity index (χ1v) is 8.44. The van der Waals surface area contributed by atoms with E-state index in [0.717, 1.165) is 5.56 Å². The molecule has 0 aliphatic rings. The predicted molar refractivity (Wildman–Crippen MR) is 83.1 cm³/mol. The quantitative estimate of drug-likeness (QED) is 0.323. The van der Waals surface area contributed by atoms with Gasteiger partial charge in [0.15, 0.2) is 0 Å². The smallest absolute Gasteiger partial charge is 0.483 e. The second-order valence-electron chi connectivity index (χ2n) is 6.18. The molecule has 0 spiro atoms. The molecule has 1 rings (SSSR count). The van der Waals surface area contributed by atoms with E-state index in [-0.39, 0.29) is 12.2 Å². The lowest BCUT2D eigenvalue weighted by molar-refractivity contribution is -0.487. The van der Waals surface area contributed by atoms with Gasteiger partial charge in [-0.3, -0.25) is 0 Å². The molecular formula is C17H19F9O3. The molecule has 168 valence electrons. The summed E-state index contributed by atoms with van der Waals surface area (Å²) in [4.78, 5) is 0. The first kappa shape index (κ1) is 25.3. The van der Waals surface area contributed by atoms with Crippen LogP contribution < -0.4 is 0 Å². The van der Waals surface area contributed by atoms with Crippen molar-refractivity contribution >= 4 is 0 Å². The van der Waals surface area contributed by atoms with Crippen LogP contribution >= 0.6 is 0 Å². The fraction of sp³-hybridized carbons (Fsp3) is 0.647. The number of para-hydroxylation sites is 1. The summed E-state index contributed by atoms with van der Waals surface area (Å²) in [5, 5.41) is 9.57. The maximum Gasteiger partial charge on any atom is 0.483 e. The molecule has 12 heteroatoms. The number of aryl methyl sites for hydroxylation is 1. The van der Waals surface area contributed by atoms with Gasteiger partial charge in [0.1, 0.15) is 12.4 Å². The Hall–Kier alpha value is -1.69. The van der Waals surface area contributed by atoms with Gasteiger partial charge in [0, 0.05) is 6.61 Å². The second-order valence-corrected chi connectivity index (χ2v) is 6.18. The number of halogens is 9. The van der Waals surface area contributed by atoms with Crippen molar-refractivity contribution in [3.05, 3.63) is 29.8 Å². The summed E-state index contributed by atoms with van der Waals surface area (Å²) in [7, 11) is 0. The van der Waals surface area contributed by atoms with Crippen LogP contribution in [0.1, 0.15) is 31.2 Å². The van der Waals surface area contributed by atoms with Gasteiger partial charge in [-0.2, -0.15) is 39.5 Å². The number of aromatic hydroxyl groups is 1. The van der Waals surface area contributed by atoms with Crippen LogP contribution in [-0.2, 0) is 15.9 Å². The van der Waals surface area contributed by atoms with E-state index in [9.17, 15) is 44.6 Å². The topological polar surface area (TPSA) is 38.7 Å². The van der Waals surface area contributed by atoms with Crippen LogP contribution in [0, 0.1) is 0 Å². The van der Waals surface area contributed by atoms with Gasteiger partial charge in [-0.05, 0) is 30.9 Å². The minimum atomic E-state index is -6.58. The molecular weight excluding hydrogens is 423 g/mol. The summed E-state index contributed by atoms with van der Waals surface area (Å²) in [5.74, 6) is -5.26. The van der Waals surface area contributed by atoms with Crippen LogP contribution in [0.25, 0.3) is 0 Å². The third kappa shape index (κ3) is 7.57. The van der Waals surface area contributed by atoms with Crippen molar-refractivity contribution in [1.82, 2.24) is 0 Å². The Labute approximate surface area is 160 Å². The number of ether oxygens (including phenoxy) is 2. The monoisotopic (exact) mass is 442 g/mol. The Morgan fingerprint density at radius 3 is 1.93 bits per heavy atom. The minimum Gasteiger partial charge on any atom is -0.508 e. The number of unbranched alkanes of at least 4 members (excludes halogenated alkanes) is 3. The molecule has 29 heavy (non-hydrogen) atoms. The van der Waals surface area contributed by atoms with Crippen molar-refractivity contribution in [2.45, 2.75) is 56.4 Å². The molecule has 0 atom stereocenters. The number of alkyl halides is 9. The van der Waals surface area contributed by atoms with E-state index in [1.165, 1.54) is 6.07 Å². The van der Waals surface area contributed by atoms with Crippen LogP contribution in [0.2, 0.25) is 0 Å². The Morgan fingerprint density at radius 2 is 1.34 bits per heavy atom. The molecule has 1 N–H and O–H groups in total. The van der Waals surface area contributed by atoms with E-state index in [1.807, 2.05) is 0 Å². The molecule has 3 nitrogen and oxygen atoms in total. The Bertz CT molecular complexity index is 633. The van der Waals surface area contributed by atoms with Gasteiger partial charge in [0.2, 0.25) is 0 Å². The molecule has 1 aromatic rings. The molecule has 0 heterocycles. The normalized spacial score (nSPS) is 13.7. The maximum absolute atomic E-state index is 13.3. The predicted octanol–water partition coefficient (Wildman–Crippen LogP) is 5.91. The molecule has 0 amide bonds. The third-order valence-electron chi connectivity index (χ3n) is 3.77. The van der Waals surface area contributed by atoms with E-state index >= 15 is 0 Å². The molecule has 0 aromatic heterocycles. The van der Waals surface area contributed by atoms with Gasteiger partial charge in [0.25, 0.3) is 0 Å². The number of phenols is 1. The van der Waals surface area contributed by atoms with Crippen LogP contribution in [0.5, 0.6) is 5.75 Å². The first-order chi connectivity index (χ1) is 13.2. The van der Waals surface area contributed by atoms with E-state index < -0.39 is 37.5 Å². The van der Waals surface area contributed by atoms with Crippen molar-refractivity contribution in [3.8, 4) is 5.75 Å². The molecule has 0 aliphatic carbocycles. The van der Waals surface area contributed by atoms with Crippen LogP contribution in [0.3, 0.4) is 0 Å². The molecule has 0 fully saturated rings. The minimum absolute atomic E-state index is 0.136. The Kier molecular flexibility index (Phi) is 8.63. The number of phenolic OH excluding ortho intramolecular Hbond substituents is 1. The van der Waals surface area contributed by atoms with Gasteiger partial charge in [0.05, 0.1) is 0 Å². The van der Waals surface area contributed by atoms with E-state index in [4.69, 9.17) is 0 Å². The highest BCUT2D eigenvalue weighted by molar-refractivity contribution is 5.31. The maximum atomic E-state index is 13.3. The lowest BCUT2D eigenvalue weighted by Crippen LogP contribution is -2.53. The standard InChI is InChI=1S/C17H19F9O3/c18-14(19,16(23,24)29-17(25,26)15(20,21)22)11-28-10-6-2-1-3-7-12-8-4-5-9-13(12)27/h4-5,8-9,27H,1-3,6-7,10-11H2. The highest BCUT2D eigenvalue weighted by atomic mass is 19.4. The highest BCUT2D eigenvalue weighted by Gasteiger charge is 2.70. The summed E-state index contributed by atoms with van der Waals surface area (Å²) < 4.78 is 119. The number of benzene rings is 1. The zero-order valence-electron chi connectivity index (χ0n) is 14.9. The average Bonchev–Trinajstić information content (AvgIpc) is 2.56. The fourth-order valence-electron chi connectivity index (χ4n) is 2.17. The molecule has 0 radical (unpaired) electrons. The van der Waals surface area contributed by atoms with E-state index in [1.54, 1.807) is 18.2 Å². The Morgan fingerprint density at radius 1 is 0.759 bits per heavy atom. The van der Waals surface area contributed by atoms with Crippen molar-refractivity contribution < 1.29 is 54.1 Å². The summed E-state index contributed by atoms with van der Waals surface area (Å²) in [6, 6.07) is 6.65. The second kappa shape index (κ2) is 9.88. The average molecular weight is 442 g/mol. The molecule has 0 saturated carbocycles. The van der Waals surface area contributed by atoms with Crippen LogP contribution in [0.4, 0.5) is 39.5 Å². The zero-order valence-corrected chi connectivity index (χ0v) is 14.9. The van der Waals surface area contributed by atoms with Gasteiger partial charge < -0.3 is 9.84 Å². The zero-order chi connectivity index (χ0) is 22.3. The Balaban J connectivity index is 2.30. The fourth-order valence-corrected chi connectivity index (χ4v) is 2.17. The molecule has 0 aliphatic heterocycles. The van der Waals surface area contributed by atoms with Gasteiger partial charge in [-0.15, -0.1) is 0 Å². The van der Waals surface area contributed by atoms with Gasteiger partial charge >= 0.3 is 24.3 Å². The van der Waals surface area contributed by atoms with Crippen molar-refractivity contribution in [3.63, 3.8) is 0 Å². The first-order valence-electron chi connectivity index (χ1n) is 8.44. The highest BCUT2D eigenvalue weighted by Crippen LogP contribution is 2.45. The van der Waals surface area contributed by atoms with Gasteiger partial charge in [-0.1, -0.05) is 31.0 Å². The van der Waals surface area contributed by atoms with Crippen LogP contribution in [-0.4, -0.2) is 42.6 Å². The van der Waals surface area contributed by atoms with Crippen molar-refractivity contribution in [1.29, 1.82) is 0 Å². The molecule has 0 unspecified atom stereocenters. The van der Waals surface area contributed by atoms with Crippen molar-refractivity contribution in [2.75, 3.05) is 13.2 Å².